The summed E-state index contributed by atoms with van der Waals surface area (Å²) in [5, 5.41) is 0.217. The zero-order valence-electron chi connectivity index (χ0n) is 12.5. The summed E-state index contributed by atoms with van der Waals surface area (Å²) >= 11 is 1.38. The summed E-state index contributed by atoms with van der Waals surface area (Å²) in [4.78, 5) is 12.1. The molecule has 2 nitrogen and oxygen atoms in total. The van der Waals surface area contributed by atoms with Crippen LogP contribution < -0.4 is 0 Å². The molecule has 106 valence electrons. The Morgan fingerprint density at radius 2 is 1.84 bits per heavy atom. The van der Waals surface area contributed by atoms with Crippen molar-refractivity contribution < 1.29 is 9.22 Å². The fourth-order valence-electron chi connectivity index (χ4n) is 1.88. The Morgan fingerprint density at radius 3 is 2.32 bits per heavy atom. The third kappa shape index (κ3) is 5.51. The van der Waals surface area contributed by atoms with Crippen LogP contribution in [0.5, 0.6) is 0 Å². The smallest absolute Gasteiger partial charge is 0.194 e. The van der Waals surface area contributed by atoms with Crippen molar-refractivity contribution in [2.45, 2.75) is 39.6 Å². The van der Waals surface area contributed by atoms with Crippen LogP contribution in [-0.4, -0.2) is 19.2 Å². The van der Waals surface area contributed by atoms with Crippen molar-refractivity contribution in [3.63, 3.8) is 0 Å². The van der Waals surface area contributed by atoms with Gasteiger partial charge in [-0.2, -0.15) is 0 Å². The molecule has 0 aliphatic rings. The quantitative estimate of drug-likeness (QED) is 0.723. The van der Waals surface area contributed by atoms with Gasteiger partial charge >= 0.3 is 0 Å². The Kier molecular flexibility index (Phi) is 6.30. The minimum absolute atomic E-state index is 0.112. The molecule has 0 saturated heterocycles. The van der Waals surface area contributed by atoms with Crippen LogP contribution in [0.3, 0.4) is 0 Å². The molecule has 0 fully saturated rings. The van der Waals surface area contributed by atoms with E-state index in [1.165, 1.54) is 11.8 Å². The zero-order chi connectivity index (χ0) is 14.5. The van der Waals surface area contributed by atoms with Crippen LogP contribution in [0.15, 0.2) is 30.3 Å². The van der Waals surface area contributed by atoms with Crippen molar-refractivity contribution in [1.82, 2.24) is 0 Å². The van der Waals surface area contributed by atoms with Gasteiger partial charge < -0.3 is 4.43 Å². The van der Waals surface area contributed by atoms with E-state index in [1.807, 2.05) is 44.2 Å². The first-order chi connectivity index (χ1) is 8.85. The molecule has 0 unspecified atom stereocenters. The van der Waals surface area contributed by atoms with Gasteiger partial charge in [0.25, 0.3) is 0 Å². The van der Waals surface area contributed by atoms with Crippen LogP contribution in [0.1, 0.15) is 25.5 Å². The van der Waals surface area contributed by atoms with E-state index in [0.29, 0.717) is 0 Å². The first kappa shape index (κ1) is 16.5. The van der Waals surface area contributed by atoms with E-state index in [0.717, 1.165) is 11.3 Å². The van der Waals surface area contributed by atoms with E-state index in [-0.39, 0.29) is 17.1 Å². The number of carbonyl (C=O) groups is 1. The molecular formula is C15H24O2SSi. The van der Waals surface area contributed by atoms with Crippen molar-refractivity contribution in [2.75, 3.05) is 5.75 Å². The van der Waals surface area contributed by atoms with E-state index in [2.05, 4.69) is 19.6 Å². The van der Waals surface area contributed by atoms with Crippen LogP contribution >= 0.6 is 11.8 Å². The molecule has 2 atom stereocenters. The Morgan fingerprint density at radius 1 is 1.26 bits per heavy atom. The van der Waals surface area contributed by atoms with Gasteiger partial charge in [0, 0.05) is 0 Å². The Labute approximate surface area is 122 Å². The van der Waals surface area contributed by atoms with Gasteiger partial charge in [-0.1, -0.05) is 55.9 Å². The van der Waals surface area contributed by atoms with Crippen LogP contribution in [0.25, 0.3) is 0 Å². The Balaban J connectivity index is 2.96. The van der Waals surface area contributed by atoms with Crippen LogP contribution in [-0.2, 0) is 9.22 Å². The normalized spacial score (nSPS) is 15.0. The first-order valence-electron chi connectivity index (χ1n) is 6.74. The maximum Gasteiger partial charge on any atom is 0.194 e. The SMILES string of the molecule is CCSC(=O)[C@@H](C)[C@H](O[Si](C)(C)C)c1ccccc1. The lowest BCUT2D eigenvalue weighted by Gasteiger charge is -2.30. The van der Waals surface area contributed by atoms with Crippen LogP contribution in [0, 0.1) is 5.92 Å². The largest absolute Gasteiger partial charge is 0.410 e. The molecule has 0 aromatic heterocycles. The fourth-order valence-corrected chi connectivity index (χ4v) is 3.65. The first-order valence-corrected chi connectivity index (χ1v) is 11.1. The van der Waals surface area contributed by atoms with Crippen molar-refractivity contribution in [2.24, 2.45) is 5.92 Å². The van der Waals surface area contributed by atoms with E-state index >= 15 is 0 Å². The van der Waals surface area contributed by atoms with Gasteiger partial charge in [0.2, 0.25) is 0 Å². The summed E-state index contributed by atoms with van der Waals surface area (Å²) in [6.07, 6.45) is -0.126. The Bertz CT molecular complexity index is 400. The molecule has 19 heavy (non-hydrogen) atoms. The van der Waals surface area contributed by atoms with Crippen LogP contribution in [0.4, 0.5) is 0 Å². The monoisotopic (exact) mass is 296 g/mol. The highest BCUT2D eigenvalue weighted by Gasteiger charge is 2.30. The molecule has 0 bridgehead atoms. The molecule has 0 radical (unpaired) electrons. The summed E-state index contributed by atoms with van der Waals surface area (Å²) in [5.41, 5.74) is 1.10. The minimum Gasteiger partial charge on any atom is -0.410 e. The van der Waals surface area contributed by atoms with Crippen molar-refractivity contribution in [1.29, 1.82) is 0 Å². The number of hydrogen-bond acceptors (Lipinski definition) is 3. The van der Waals surface area contributed by atoms with Gasteiger partial charge in [-0.3, -0.25) is 4.79 Å². The second kappa shape index (κ2) is 7.27. The van der Waals surface area contributed by atoms with Crippen molar-refractivity contribution >= 4 is 25.2 Å². The average molecular weight is 297 g/mol. The standard InChI is InChI=1S/C15H24O2SSi/c1-6-18-15(16)12(2)14(17-19(3,4)5)13-10-8-7-9-11-13/h7-12,14H,6H2,1-5H3/t12-,14-/m0/s1. The third-order valence-electron chi connectivity index (χ3n) is 2.72. The zero-order valence-corrected chi connectivity index (χ0v) is 14.3. The van der Waals surface area contributed by atoms with Gasteiger partial charge in [-0.25, -0.2) is 0 Å². The molecule has 0 heterocycles. The molecule has 0 aliphatic carbocycles. The minimum atomic E-state index is -1.70. The van der Waals surface area contributed by atoms with Gasteiger partial charge in [-0.05, 0) is 31.0 Å². The van der Waals surface area contributed by atoms with Crippen LogP contribution in [0.2, 0.25) is 19.6 Å². The fraction of sp³-hybridized carbons (Fsp3) is 0.533. The second-order valence-electron chi connectivity index (χ2n) is 5.60. The van der Waals surface area contributed by atoms with Gasteiger partial charge in [0.15, 0.2) is 13.4 Å². The summed E-state index contributed by atoms with van der Waals surface area (Å²) in [6.45, 7) is 10.5. The number of hydrogen-bond donors (Lipinski definition) is 0. The number of thioether (sulfide) groups is 1. The lowest BCUT2D eigenvalue weighted by atomic mass is 9.99. The number of carbonyl (C=O) groups excluding carboxylic acids is 1. The van der Waals surface area contributed by atoms with Gasteiger partial charge in [0.05, 0.1) is 12.0 Å². The second-order valence-corrected chi connectivity index (χ2v) is 11.3. The van der Waals surface area contributed by atoms with Crippen molar-refractivity contribution in [3.05, 3.63) is 35.9 Å². The average Bonchev–Trinajstić information content (AvgIpc) is 2.35. The molecule has 0 N–H and O–H groups in total. The highest BCUT2D eigenvalue weighted by atomic mass is 32.2. The lowest BCUT2D eigenvalue weighted by molar-refractivity contribution is -0.116. The maximum absolute atomic E-state index is 12.1. The highest BCUT2D eigenvalue weighted by molar-refractivity contribution is 8.13. The molecule has 1 aromatic carbocycles. The molecular weight excluding hydrogens is 272 g/mol. The molecule has 1 aromatic rings. The molecule has 0 aliphatic heterocycles. The van der Waals surface area contributed by atoms with Gasteiger partial charge in [-0.15, -0.1) is 0 Å². The molecule has 0 spiro atoms. The molecule has 4 heteroatoms. The maximum atomic E-state index is 12.1. The number of rotatable bonds is 6. The van der Waals surface area contributed by atoms with Gasteiger partial charge in [0.1, 0.15) is 0 Å². The summed E-state index contributed by atoms with van der Waals surface area (Å²) < 4.78 is 6.26. The predicted octanol–water partition coefficient (Wildman–Crippen LogP) is 4.50. The highest BCUT2D eigenvalue weighted by Crippen LogP contribution is 2.32. The molecule has 0 saturated carbocycles. The molecule has 1 rings (SSSR count). The van der Waals surface area contributed by atoms with E-state index in [9.17, 15) is 4.79 Å². The molecule has 0 amide bonds. The Hall–Kier alpha value is -0.583. The third-order valence-corrected chi connectivity index (χ3v) is 4.63. The number of benzene rings is 1. The summed E-state index contributed by atoms with van der Waals surface area (Å²) in [6, 6.07) is 10.1. The van der Waals surface area contributed by atoms with E-state index in [1.54, 1.807) is 0 Å². The van der Waals surface area contributed by atoms with E-state index < -0.39 is 8.32 Å². The summed E-state index contributed by atoms with van der Waals surface area (Å²) in [5.74, 6) is 0.705. The topological polar surface area (TPSA) is 26.3 Å². The van der Waals surface area contributed by atoms with Crippen molar-refractivity contribution in [3.8, 4) is 0 Å². The lowest BCUT2D eigenvalue weighted by Crippen LogP contribution is -2.32. The predicted molar refractivity (Wildman–Crippen MR) is 85.9 cm³/mol. The van der Waals surface area contributed by atoms with E-state index in [4.69, 9.17) is 4.43 Å². The summed E-state index contributed by atoms with van der Waals surface area (Å²) in [7, 11) is -1.70.